The van der Waals surface area contributed by atoms with E-state index in [4.69, 9.17) is 0 Å². The van der Waals surface area contributed by atoms with Crippen LogP contribution >= 0.6 is 27.3 Å². The van der Waals surface area contributed by atoms with Crippen molar-refractivity contribution in [3.05, 3.63) is 39.1 Å². The third-order valence-corrected chi connectivity index (χ3v) is 4.19. The van der Waals surface area contributed by atoms with E-state index >= 15 is 0 Å². The fourth-order valence-corrected chi connectivity index (χ4v) is 3.23. The largest absolute Gasteiger partial charge is 0.353 e. The number of rotatable bonds is 5. The molecule has 1 aromatic heterocycles. The predicted octanol–water partition coefficient (Wildman–Crippen LogP) is 4.81. The number of aromatic nitrogens is 2. The number of nitrogens with one attached hydrogen (secondary N) is 1. The minimum Gasteiger partial charge on any atom is -0.353 e. The average Bonchev–Trinajstić information content (AvgIpc) is 2.75. The highest BCUT2D eigenvalue weighted by Gasteiger charge is 2.13. The van der Waals surface area contributed by atoms with Crippen LogP contribution in [0.5, 0.6) is 0 Å². The molecule has 108 valence electrons. The molecule has 0 amide bonds. The van der Waals surface area contributed by atoms with Crippen molar-refractivity contribution in [3.8, 4) is 0 Å². The van der Waals surface area contributed by atoms with E-state index in [2.05, 4.69) is 45.3 Å². The quantitative estimate of drug-likeness (QED) is 0.833. The molecule has 0 aliphatic rings. The van der Waals surface area contributed by atoms with Crippen molar-refractivity contribution in [1.29, 1.82) is 0 Å². The minimum absolute atomic E-state index is 0.150. The maximum atomic E-state index is 13.9. The van der Waals surface area contributed by atoms with Crippen LogP contribution in [0.1, 0.15) is 37.4 Å². The van der Waals surface area contributed by atoms with Gasteiger partial charge >= 0.3 is 0 Å². The van der Waals surface area contributed by atoms with Gasteiger partial charge in [0.05, 0.1) is 6.04 Å². The van der Waals surface area contributed by atoms with Crippen molar-refractivity contribution in [1.82, 2.24) is 10.2 Å². The zero-order chi connectivity index (χ0) is 14.7. The maximum absolute atomic E-state index is 13.9. The minimum atomic E-state index is -0.230. The molecule has 1 N–H and O–H groups in total. The van der Waals surface area contributed by atoms with Crippen LogP contribution in [0.15, 0.2) is 22.7 Å². The first-order valence-electron chi connectivity index (χ1n) is 6.49. The summed E-state index contributed by atoms with van der Waals surface area (Å²) in [6.07, 6.45) is 0.917. The molecule has 0 fully saturated rings. The number of anilines is 1. The second-order valence-electron chi connectivity index (χ2n) is 5.13. The highest BCUT2D eigenvalue weighted by Crippen LogP contribution is 2.26. The fourth-order valence-electron chi connectivity index (χ4n) is 1.86. The second kappa shape index (κ2) is 6.63. The van der Waals surface area contributed by atoms with Crippen LogP contribution in [0, 0.1) is 11.7 Å². The molecule has 3 nitrogen and oxygen atoms in total. The van der Waals surface area contributed by atoms with Crippen molar-refractivity contribution in [2.75, 3.05) is 5.32 Å². The van der Waals surface area contributed by atoms with Gasteiger partial charge in [0.25, 0.3) is 0 Å². The summed E-state index contributed by atoms with van der Waals surface area (Å²) in [6, 6.07) is 4.93. The van der Waals surface area contributed by atoms with Gasteiger partial charge in [-0.15, -0.1) is 10.2 Å². The summed E-state index contributed by atoms with van der Waals surface area (Å²) >= 11 is 4.79. The predicted molar refractivity (Wildman–Crippen MR) is 84.6 cm³/mol. The first-order chi connectivity index (χ1) is 9.45. The summed E-state index contributed by atoms with van der Waals surface area (Å²) in [5.74, 6) is 0.323. The Labute approximate surface area is 130 Å². The van der Waals surface area contributed by atoms with E-state index in [1.165, 1.54) is 17.4 Å². The monoisotopic (exact) mass is 357 g/mol. The molecule has 0 aliphatic carbocycles. The first-order valence-corrected chi connectivity index (χ1v) is 8.10. The lowest BCUT2D eigenvalue weighted by atomic mass is 10.1. The lowest BCUT2D eigenvalue weighted by Gasteiger charge is -2.13. The van der Waals surface area contributed by atoms with Gasteiger partial charge in [-0.2, -0.15) is 0 Å². The molecule has 2 rings (SSSR count). The van der Waals surface area contributed by atoms with Crippen molar-refractivity contribution in [2.24, 2.45) is 5.92 Å². The number of hydrogen-bond acceptors (Lipinski definition) is 4. The molecule has 0 spiro atoms. The van der Waals surface area contributed by atoms with Gasteiger partial charge in [0.1, 0.15) is 10.8 Å². The van der Waals surface area contributed by atoms with Crippen LogP contribution in [-0.2, 0) is 6.42 Å². The Morgan fingerprint density at radius 3 is 2.70 bits per heavy atom. The van der Waals surface area contributed by atoms with E-state index < -0.39 is 0 Å². The highest BCUT2D eigenvalue weighted by atomic mass is 79.9. The van der Waals surface area contributed by atoms with E-state index in [9.17, 15) is 4.39 Å². The summed E-state index contributed by atoms with van der Waals surface area (Å²) in [5.41, 5.74) is 0.619. The summed E-state index contributed by atoms with van der Waals surface area (Å²) in [4.78, 5) is 0. The normalized spacial score (nSPS) is 12.7. The molecule has 1 heterocycles. The average molecular weight is 358 g/mol. The Morgan fingerprint density at radius 1 is 1.30 bits per heavy atom. The molecular weight excluding hydrogens is 341 g/mol. The number of benzene rings is 1. The summed E-state index contributed by atoms with van der Waals surface area (Å²) in [5, 5.41) is 13.2. The summed E-state index contributed by atoms with van der Waals surface area (Å²) < 4.78 is 14.6. The smallest absolute Gasteiger partial charge is 0.206 e. The molecule has 20 heavy (non-hydrogen) atoms. The van der Waals surface area contributed by atoms with Gasteiger partial charge in [-0.25, -0.2) is 4.39 Å². The fraction of sp³-hybridized carbons (Fsp3) is 0.429. The van der Waals surface area contributed by atoms with E-state index in [-0.39, 0.29) is 11.9 Å². The molecule has 0 bridgehead atoms. The molecule has 0 saturated carbocycles. The van der Waals surface area contributed by atoms with Gasteiger partial charge in [0, 0.05) is 16.5 Å². The molecule has 1 unspecified atom stereocenters. The number of halogens is 2. The van der Waals surface area contributed by atoms with Crippen LogP contribution in [0.3, 0.4) is 0 Å². The van der Waals surface area contributed by atoms with Gasteiger partial charge in [0.2, 0.25) is 5.13 Å². The Bertz CT molecular complexity index is 586. The molecule has 0 aliphatic heterocycles. The highest BCUT2D eigenvalue weighted by molar-refractivity contribution is 9.10. The molecule has 0 radical (unpaired) electrons. The van der Waals surface area contributed by atoms with Crippen molar-refractivity contribution < 1.29 is 4.39 Å². The zero-order valence-electron chi connectivity index (χ0n) is 11.7. The van der Waals surface area contributed by atoms with Crippen LogP contribution in [0.25, 0.3) is 0 Å². The van der Waals surface area contributed by atoms with E-state index in [0.717, 1.165) is 21.0 Å². The Balaban J connectivity index is 2.07. The molecule has 6 heteroatoms. The molecule has 1 aromatic carbocycles. The topological polar surface area (TPSA) is 37.8 Å². The molecule has 2 aromatic rings. The number of hydrogen-bond donors (Lipinski definition) is 1. The van der Waals surface area contributed by atoms with Gasteiger partial charge in [-0.3, -0.25) is 0 Å². The lowest BCUT2D eigenvalue weighted by molar-refractivity contribution is 0.599. The Morgan fingerprint density at radius 2 is 2.05 bits per heavy atom. The second-order valence-corrected chi connectivity index (χ2v) is 7.11. The van der Waals surface area contributed by atoms with E-state index in [1.54, 1.807) is 6.07 Å². The van der Waals surface area contributed by atoms with E-state index in [1.807, 2.05) is 13.0 Å². The summed E-state index contributed by atoms with van der Waals surface area (Å²) in [7, 11) is 0. The number of nitrogens with zero attached hydrogens (tertiary/aromatic N) is 2. The standard InChI is InChI=1S/C14H17BrFN3S/c1-8(2)6-13-18-19-14(20-13)17-9(3)11-5-4-10(15)7-12(11)16/h4-5,7-9H,6H2,1-3H3,(H,17,19). The van der Waals surface area contributed by atoms with Crippen LogP contribution < -0.4 is 5.32 Å². The van der Waals surface area contributed by atoms with Gasteiger partial charge < -0.3 is 5.32 Å². The van der Waals surface area contributed by atoms with Crippen molar-refractivity contribution >= 4 is 32.4 Å². The van der Waals surface area contributed by atoms with Crippen LogP contribution in [-0.4, -0.2) is 10.2 Å². The van der Waals surface area contributed by atoms with Crippen LogP contribution in [0.4, 0.5) is 9.52 Å². The Kier molecular flexibility index (Phi) is 5.10. The molecule has 1 atom stereocenters. The van der Waals surface area contributed by atoms with Crippen LogP contribution in [0.2, 0.25) is 0 Å². The third-order valence-electron chi connectivity index (χ3n) is 2.82. The SMILES string of the molecule is CC(C)Cc1nnc(NC(C)c2ccc(Br)cc2F)s1. The summed E-state index contributed by atoms with van der Waals surface area (Å²) in [6.45, 7) is 6.21. The Hall–Kier alpha value is -1.01. The van der Waals surface area contributed by atoms with E-state index in [0.29, 0.717) is 11.5 Å². The van der Waals surface area contributed by atoms with Crippen molar-refractivity contribution in [2.45, 2.75) is 33.2 Å². The van der Waals surface area contributed by atoms with Gasteiger partial charge in [0.15, 0.2) is 0 Å². The third kappa shape index (κ3) is 3.99. The van der Waals surface area contributed by atoms with Gasteiger partial charge in [-0.1, -0.05) is 47.2 Å². The maximum Gasteiger partial charge on any atom is 0.206 e. The zero-order valence-corrected chi connectivity index (χ0v) is 14.1. The van der Waals surface area contributed by atoms with Gasteiger partial charge in [-0.05, 0) is 25.0 Å². The molecule has 0 saturated heterocycles. The molecular formula is C14H17BrFN3S. The lowest BCUT2D eigenvalue weighted by Crippen LogP contribution is -2.08. The first kappa shape index (κ1) is 15.4. The van der Waals surface area contributed by atoms with Crippen molar-refractivity contribution in [3.63, 3.8) is 0 Å².